The van der Waals surface area contributed by atoms with Crippen LogP contribution in [0.1, 0.15) is 18.5 Å². The molecule has 0 aliphatic carbocycles. The number of hydrogen-bond donors (Lipinski definition) is 1. The van der Waals surface area contributed by atoms with Crippen molar-refractivity contribution in [2.24, 2.45) is 0 Å². The van der Waals surface area contributed by atoms with E-state index in [0.717, 1.165) is 0 Å². The van der Waals surface area contributed by atoms with Gasteiger partial charge < -0.3 is 10.1 Å². The van der Waals surface area contributed by atoms with Gasteiger partial charge in [-0.3, -0.25) is 0 Å². The summed E-state index contributed by atoms with van der Waals surface area (Å²) in [6.07, 6.45) is 0. The van der Waals surface area contributed by atoms with Gasteiger partial charge in [0.25, 0.3) is 0 Å². The van der Waals surface area contributed by atoms with Gasteiger partial charge in [0.1, 0.15) is 23.1 Å². The molecule has 2 aromatic carbocycles. The molecule has 21 heavy (non-hydrogen) atoms. The number of anilines is 1. The Hall–Kier alpha value is -2.24. The normalized spacial score (nSPS) is 12.1. The van der Waals surface area contributed by atoms with Crippen LogP contribution in [0.4, 0.5) is 23.2 Å². The van der Waals surface area contributed by atoms with E-state index in [0.29, 0.717) is 17.9 Å². The summed E-state index contributed by atoms with van der Waals surface area (Å²) >= 11 is 0. The molecule has 2 rings (SSSR count). The highest BCUT2D eigenvalue weighted by atomic mass is 19.1. The van der Waals surface area contributed by atoms with Crippen molar-refractivity contribution in [3.05, 3.63) is 59.2 Å². The van der Waals surface area contributed by atoms with E-state index >= 15 is 0 Å². The summed E-state index contributed by atoms with van der Waals surface area (Å²) in [7, 11) is 1.40. The quantitative estimate of drug-likeness (QED) is 0.844. The Labute approximate surface area is 119 Å². The Morgan fingerprint density at radius 1 is 0.952 bits per heavy atom. The van der Waals surface area contributed by atoms with Crippen LogP contribution in [0, 0.1) is 23.3 Å². The van der Waals surface area contributed by atoms with Crippen LogP contribution in [0.25, 0.3) is 0 Å². The molecule has 0 saturated carbocycles. The number of nitrogens with one attached hydrogen (secondary N) is 1. The summed E-state index contributed by atoms with van der Waals surface area (Å²) in [5, 5.41) is 2.50. The summed E-state index contributed by atoms with van der Waals surface area (Å²) in [4.78, 5) is 0. The molecule has 2 nitrogen and oxygen atoms in total. The highest BCUT2D eigenvalue weighted by Gasteiger charge is 2.17. The highest BCUT2D eigenvalue weighted by Crippen LogP contribution is 2.28. The van der Waals surface area contributed by atoms with Crippen molar-refractivity contribution in [1.29, 1.82) is 0 Å². The number of rotatable bonds is 4. The molecule has 1 N–H and O–H groups in total. The van der Waals surface area contributed by atoms with E-state index in [9.17, 15) is 17.6 Å². The SMILES string of the molecule is COc1ccc(C(C)Nc2c(F)cc(F)cc2F)c(F)c1. The number of ether oxygens (including phenoxy) is 1. The van der Waals surface area contributed by atoms with E-state index in [1.54, 1.807) is 0 Å². The lowest BCUT2D eigenvalue weighted by Crippen LogP contribution is -2.11. The van der Waals surface area contributed by atoms with E-state index in [-0.39, 0.29) is 5.56 Å². The number of hydrogen-bond acceptors (Lipinski definition) is 2. The first-order valence-corrected chi connectivity index (χ1v) is 6.17. The summed E-state index contributed by atoms with van der Waals surface area (Å²) in [5.74, 6) is -3.40. The Bertz CT molecular complexity index is 637. The fourth-order valence-corrected chi connectivity index (χ4v) is 1.96. The van der Waals surface area contributed by atoms with Crippen LogP contribution in [0.3, 0.4) is 0 Å². The molecular weight excluding hydrogens is 286 g/mol. The van der Waals surface area contributed by atoms with E-state index in [1.807, 2.05) is 0 Å². The smallest absolute Gasteiger partial charge is 0.152 e. The first kappa shape index (κ1) is 15.2. The lowest BCUT2D eigenvalue weighted by Gasteiger charge is -2.18. The Morgan fingerprint density at radius 3 is 2.10 bits per heavy atom. The third-order valence-electron chi connectivity index (χ3n) is 3.04. The minimum atomic E-state index is -1.08. The third-order valence-corrected chi connectivity index (χ3v) is 3.04. The predicted octanol–water partition coefficient (Wildman–Crippen LogP) is 4.42. The molecule has 0 radical (unpaired) electrons. The standard InChI is InChI=1S/C15H13F4NO/c1-8(11-4-3-10(21-2)7-12(11)17)20-15-13(18)5-9(16)6-14(15)19/h3-8,20H,1-2H3. The zero-order valence-electron chi connectivity index (χ0n) is 11.4. The van der Waals surface area contributed by atoms with E-state index in [2.05, 4.69) is 5.32 Å². The van der Waals surface area contributed by atoms with E-state index < -0.39 is 35.0 Å². The van der Waals surface area contributed by atoms with Crippen LogP contribution in [-0.2, 0) is 0 Å². The maximum Gasteiger partial charge on any atom is 0.152 e. The first-order chi connectivity index (χ1) is 9.92. The van der Waals surface area contributed by atoms with Gasteiger partial charge in [-0.2, -0.15) is 0 Å². The Morgan fingerprint density at radius 2 is 1.57 bits per heavy atom. The van der Waals surface area contributed by atoms with Crippen molar-refractivity contribution >= 4 is 5.69 Å². The fourth-order valence-electron chi connectivity index (χ4n) is 1.96. The van der Waals surface area contributed by atoms with Crippen molar-refractivity contribution in [3.63, 3.8) is 0 Å². The van der Waals surface area contributed by atoms with Gasteiger partial charge in [-0.05, 0) is 13.0 Å². The zero-order chi connectivity index (χ0) is 15.6. The molecule has 0 aliphatic rings. The van der Waals surface area contributed by atoms with Gasteiger partial charge in [0.15, 0.2) is 11.6 Å². The summed E-state index contributed by atoms with van der Waals surface area (Å²) < 4.78 is 58.7. The zero-order valence-corrected chi connectivity index (χ0v) is 11.4. The van der Waals surface area contributed by atoms with Crippen LogP contribution in [0.5, 0.6) is 5.75 Å². The largest absolute Gasteiger partial charge is 0.497 e. The van der Waals surface area contributed by atoms with Crippen molar-refractivity contribution in [3.8, 4) is 5.75 Å². The first-order valence-electron chi connectivity index (χ1n) is 6.17. The lowest BCUT2D eigenvalue weighted by atomic mass is 10.1. The summed E-state index contributed by atoms with van der Waals surface area (Å²) in [5.41, 5.74) is -0.293. The van der Waals surface area contributed by atoms with Crippen LogP contribution >= 0.6 is 0 Å². The summed E-state index contributed by atoms with van der Waals surface area (Å²) in [6.45, 7) is 1.53. The monoisotopic (exact) mass is 299 g/mol. The van der Waals surface area contributed by atoms with Gasteiger partial charge in [0, 0.05) is 23.8 Å². The van der Waals surface area contributed by atoms with Crippen LogP contribution in [0.15, 0.2) is 30.3 Å². The Balaban J connectivity index is 2.28. The van der Waals surface area contributed by atoms with Crippen molar-refractivity contribution in [2.45, 2.75) is 13.0 Å². The van der Waals surface area contributed by atoms with Gasteiger partial charge >= 0.3 is 0 Å². The number of methoxy groups -OCH3 is 1. The van der Waals surface area contributed by atoms with Crippen molar-refractivity contribution in [1.82, 2.24) is 0 Å². The van der Waals surface area contributed by atoms with Gasteiger partial charge in [0.05, 0.1) is 13.2 Å². The molecule has 0 bridgehead atoms. The number of benzene rings is 2. The molecule has 1 unspecified atom stereocenters. The molecule has 112 valence electrons. The third kappa shape index (κ3) is 3.26. The summed E-state index contributed by atoms with van der Waals surface area (Å²) in [6, 6.07) is 4.56. The fraction of sp³-hybridized carbons (Fsp3) is 0.200. The van der Waals surface area contributed by atoms with Gasteiger partial charge in [0.2, 0.25) is 0 Å². The Kier molecular flexibility index (Phi) is 4.35. The molecule has 0 aromatic heterocycles. The van der Waals surface area contributed by atoms with Gasteiger partial charge in [-0.1, -0.05) is 6.07 Å². The molecule has 0 aliphatic heterocycles. The second-order valence-electron chi connectivity index (χ2n) is 4.50. The molecule has 0 heterocycles. The maximum absolute atomic E-state index is 13.9. The average Bonchev–Trinajstić information content (AvgIpc) is 2.42. The molecule has 0 saturated heterocycles. The minimum absolute atomic E-state index is 0.207. The van der Waals surface area contributed by atoms with Crippen molar-refractivity contribution in [2.75, 3.05) is 12.4 Å². The van der Waals surface area contributed by atoms with E-state index in [1.165, 1.54) is 32.2 Å². The average molecular weight is 299 g/mol. The van der Waals surface area contributed by atoms with Crippen molar-refractivity contribution < 1.29 is 22.3 Å². The van der Waals surface area contributed by atoms with Crippen LogP contribution in [0.2, 0.25) is 0 Å². The van der Waals surface area contributed by atoms with Crippen LogP contribution < -0.4 is 10.1 Å². The maximum atomic E-state index is 13.9. The molecule has 6 heteroatoms. The van der Waals surface area contributed by atoms with Gasteiger partial charge in [-0.15, -0.1) is 0 Å². The van der Waals surface area contributed by atoms with Gasteiger partial charge in [-0.25, -0.2) is 17.6 Å². The molecule has 2 aromatic rings. The minimum Gasteiger partial charge on any atom is -0.497 e. The second kappa shape index (κ2) is 6.03. The molecule has 0 amide bonds. The predicted molar refractivity (Wildman–Crippen MR) is 71.3 cm³/mol. The topological polar surface area (TPSA) is 21.3 Å². The molecule has 0 fully saturated rings. The van der Waals surface area contributed by atoms with E-state index in [4.69, 9.17) is 4.74 Å². The lowest BCUT2D eigenvalue weighted by molar-refractivity contribution is 0.410. The molecule has 1 atom stereocenters. The highest BCUT2D eigenvalue weighted by molar-refractivity contribution is 5.48. The number of halogens is 4. The molecule has 0 spiro atoms. The molecular formula is C15H13F4NO. The second-order valence-corrected chi connectivity index (χ2v) is 4.50. The van der Waals surface area contributed by atoms with Crippen LogP contribution in [-0.4, -0.2) is 7.11 Å².